The third-order valence-electron chi connectivity index (χ3n) is 5.11. The van der Waals surface area contributed by atoms with Gasteiger partial charge in [-0.2, -0.15) is 5.10 Å². The summed E-state index contributed by atoms with van der Waals surface area (Å²) in [7, 11) is 1.66. The van der Waals surface area contributed by atoms with Crippen LogP contribution in [0.15, 0.2) is 29.4 Å². The molecule has 1 N–H and O–H groups in total. The van der Waals surface area contributed by atoms with Crippen LogP contribution in [-0.4, -0.2) is 24.3 Å². The molecule has 1 aromatic rings. The van der Waals surface area contributed by atoms with E-state index in [9.17, 15) is 4.79 Å². The van der Waals surface area contributed by atoms with E-state index in [4.69, 9.17) is 9.47 Å². The van der Waals surface area contributed by atoms with Gasteiger partial charge in [0, 0.05) is 23.5 Å². The molecule has 1 amide bonds. The van der Waals surface area contributed by atoms with Crippen molar-refractivity contribution in [1.29, 1.82) is 0 Å². The van der Waals surface area contributed by atoms with Crippen molar-refractivity contribution in [3.05, 3.63) is 35.4 Å². The summed E-state index contributed by atoms with van der Waals surface area (Å²) in [5.41, 5.74) is 5.61. The molecule has 5 nitrogen and oxygen atoms in total. The lowest BCUT2D eigenvalue weighted by Crippen LogP contribution is -2.43. The van der Waals surface area contributed by atoms with E-state index in [1.807, 2.05) is 12.1 Å². The van der Waals surface area contributed by atoms with Gasteiger partial charge >= 0.3 is 0 Å². The van der Waals surface area contributed by atoms with Gasteiger partial charge in [-0.25, -0.2) is 5.43 Å². The molecular formula is C19H22N2O3. The van der Waals surface area contributed by atoms with Crippen LogP contribution in [0.3, 0.4) is 0 Å². The van der Waals surface area contributed by atoms with Gasteiger partial charge in [0.1, 0.15) is 5.60 Å². The van der Waals surface area contributed by atoms with Gasteiger partial charge in [0.05, 0.1) is 18.7 Å². The molecule has 0 unspecified atom stereocenters. The van der Waals surface area contributed by atoms with E-state index >= 15 is 0 Å². The molecule has 0 spiro atoms. The van der Waals surface area contributed by atoms with Crippen molar-refractivity contribution >= 4 is 11.6 Å². The number of carbonyl (C=O) groups is 1. The molecule has 5 heteroatoms. The number of hydrogen-bond donors (Lipinski definition) is 1. The third kappa shape index (κ3) is 2.30. The largest absolute Gasteiger partial charge is 0.493 e. The van der Waals surface area contributed by atoms with Crippen LogP contribution in [0.25, 0.3) is 0 Å². The van der Waals surface area contributed by atoms with Gasteiger partial charge in [0.15, 0.2) is 11.5 Å². The predicted molar refractivity (Wildman–Crippen MR) is 91.4 cm³/mol. The van der Waals surface area contributed by atoms with Gasteiger partial charge in [0.25, 0.3) is 0 Å². The zero-order valence-electron chi connectivity index (χ0n) is 14.3. The maximum atomic E-state index is 12.1. The number of nitrogens with one attached hydrogen (secondary N) is 1. The number of amides is 1. The number of carbonyl (C=O) groups excluding carboxylic acids is 1. The fourth-order valence-electron chi connectivity index (χ4n) is 3.98. The number of methoxy groups -OCH3 is 1. The first kappa shape index (κ1) is 15.2. The average Bonchev–Trinajstić information content (AvgIpc) is 2.90. The minimum Gasteiger partial charge on any atom is -0.493 e. The highest BCUT2D eigenvalue weighted by molar-refractivity contribution is 6.08. The monoisotopic (exact) mass is 326 g/mol. The highest BCUT2D eigenvalue weighted by Gasteiger charge is 2.40. The van der Waals surface area contributed by atoms with E-state index in [-0.39, 0.29) is 23.3 Å². The molecule has 0 radical (unpaired) electrons. The zero-order chi connectivity index (χ0) is 16.9. The second kappa shape index (κ2) is 5.36. The Morgan fingerprint density at radius 3 is 2.75 bits per heavy atom. The molecule has 126 valence electrons. The van der Waals surface area contributed by atoms with Crippen LogP contribution in [0.1, 0.15) is 37.8 Å². The van der Waals surface area contributed by atoms with E-state index in [1.54, 1.807) is 7.11 Å². The Morgan fingerprint density at radius 2 is 2.00 bits per heavy atom. The zero-order valence-corrected chi connectivity index (χ0v) is 14.3. The molecule has 3 aliphatic rings. The Labute approximate surface area is 141 Å². The molecule has 0 bridgehead atoms. The van der Waals surface area contributed by atoms with Crippen LogP contribution in [0, 0.1) is 11.8 Å². The lowest BCUT2D eigenvalue weighted by Gasteiger charge is -2.32. The Bertz CT molecular complexity index is 764. The molecule has 1 aliphatic carbocycles. The summed E-state index contributed by atoms with van der Waals surface area (Å²) in [6, 6.07) is 3.98. The number of rotatable bonds is 2. The molecule has 1 aromatic carbocycles. The first-order valence-corrected chi connectivity index (χ1v) is 8.42. The highest BCUT2D eigenvalue weighted by Crippen LogP contribution is 2.45. The summed E-state index contributed by atoms with van der Waals surface area (Å²) in [6.07, 6.45) is 6.67. The Kier molecular flexibility index (Phi) is 3.41. The molecular weight excluding hydrogens is 304 g/mol. The molecule has 0 saturated heterocycles. The first-order valence-electron chi connectivity index (χ1n) is 8.42. The number of nitrogens with zero attached hydrogens (tertiary/aromatic N) is 1. The van der Waals surface area contributed by atoms with Crippen molar-refractivity contribution in [2.75, 3.05) is 7.11 Å². The van der Waals surface area contributed by atoms with E-state index in [1.165, 1.54) is 0 Å². The van der Waals surface area contributed by atoms with Gasteiger partial charge in [0.2, 0.25) is 5.91 Å². The van der Waals surface area contributed by atoms with E-state index < -0.39 is 0 Å². The third-order valence-corrected chi connectivity index (χ3v) is 5.11. The molecule has 24 heavy (non-hydrogen) atoms. The van der Waals surface area contributed by atoms with Gasteiger partial charge < -0.3 is 9.47 Å². The van der Waals surface area contributed by atoms with Crippen molar-refractivity contribution in [1.82, 2.24) is 5.43 Å². The number of hydrazone groups is 1. The minimum absolute atomic E-state index is 0.0230. The van der Waals surface area contributed by atoms with E-state index in [2.05, 4.69) is 36.5 Å². The summed E-state index contributed by atoms with van der Waals surface area (Å²) in [4.78, 5) is 12.1. The van der Waals surface area contributed by atoms with Gasteiger partial charge in [-0.15, -0.1) is 0 Å². The van der Waals surface area contributed by atoms with Crippen LogP contribution >= 0.6 is 0 Å². The maximum absolute atomic E-state index is 12.1. The Morgan fingerprint density at radius 1 is 1.25 bits per heavy atom. The first-order chi connectivity index (χ1) is 11.5. The van der Waals surface area contributed by atoms with Crippen LogP contribution < -0.4 is 14.9 Å². The average molecular weight is 326 g/mol. The number of fused-ring (bicyclic) bond motifs is 2. The smallest absolute Gasteiger partial charge is 0.244 e. The van der Waals surface area contributed by atoms with Crippen molar-refractivity contribution < 1.29 is 14.3 Å². The summed E-state index contributed by atoms with van der Waals surface area (Å²) in [5, 5.41) is 4.43. The van der Waals surface area contributed by atoms with Crippen LogP contribution in [0.2, 0.25) is 0 Å². The topological polar surface area (TPSA) is 59.9 Å². The molecule has 0 fully saturated rings. The van der Waals surface area contributed by atoms with Crippen molar-refractivity contribution in [2.24, 2.45) is 16.9 Å². The maximum Gasteiger partial charge on any atom is 0.244 e. The Hall–Kier alpha value is -2.30. The highest BCUT2D eigenvalue weighted by atomic mass is 16.5. The number of ether oxygens (including phenoxy) is 2. The van der Waals surface area contributed by atoms with Gasteiger partial charge in [-0.1, -0.05) is 12.2 Å². The predicted octanol–water partition coefficient (Wildman–Crippen LogP) is 2.83. The van der Waals surface area contributed by atoms with E-state index in [0.717, 1.165) is 47.6 Å². The second-order valence-corrected chi connectivity index (χ2v) is 7.29. The molecule has 0 saturated carbocycles. The minimum atomic E-state index is -0.268. The molecule has 2 heterocycles. The van der Waals surface area contributed by atoms with Crippen molar-refractivity contribution in [3.8, 4) is 11.5 Å². The lowest BCUT2D eigenvalue weighted by molar-refractivity contribution is -0.126. The van der Waals surface area contributed by atoms with Gasteiger partial charge in [-0.3, -0.25) is 4.79 Å². The molecule has 2 atom stereocenters. The fourth-order valence-corrected chi connectivity index (χ4v) is 3.98. The van der Waals surface area contributed by atoms with Crippen molar-refractivity contribution in [2.45, 2.75) is 38.7 Å². The summed E-state index contributed by atoms with van der Waals surface area (Å²) >= 11 is 0. The fraction of sp³-hybridized carbons (Fsp3) is 0.474. The number of benzene rings is 1. The standard InChI is InChI=1S/C19H22N2O3/c1-19(2)10-14-12(8-9-15(23-3)17(14)24-19)16-11-6-4-5-7-13(11)18(22)21-20-16/h4-5,8-9,11,13H,6-7,10H2,1-3H3,(H,21,22)/t11-,13+/m0/s1. The normalized spacial score (nSPS) is 26.8. The SMILES string of the molecule is COc1ccc(C2=NNC(=O)[C@@H]3CC=CC[C@H]23)c2c1OC(C)(C)C2. The van der Waals surface area contributed by atoms with Crippen LogP contribution in [-0.2, 0) is 11.2 Å². The summed E-state index contributed by atoms with van der Waals surface area (Å²) in [5.74, 6) is 1.68. The van der Waals surface area contributed by atoms with Gasteiger partial charge in [-0.05, 0) is 38.8 Å². The summed E-state index contributed by atoms with van der Waals surface area (Å²) < 4.78 is 11.6. The lowest BCUT2D eigenvalue weighted by atomic mass is 9.75. The summed E-state index contributed by atoms with van der Waals surface area (Å²) in [6.45, 7) is 4.15. The quantitative estimate of drug-likeness (QED) is 0.850. The second-order valence-electron chi connectivity index (χ2n) is 7.29. The Balaban J connectivity index is 1.82. The molecule has 2 aliphatic heterocycles. The van der Waals surface area contributed by atoms with E-state index in [0.29, 0.717) is 0 Å². The van der Waals surface area contributed by atoms with Crippen LogP contribution in [0.5, 0.6) is 11.5 Å². The molecule has 0 aromatic heterocycles. The van der Waals surface area contributed by atoms with Crippen molar-refractivity contribution in [3.63, 3.8) is 0 Å². The number of hydrogen-bond acceptors (Lipinski definition) is 4. The van der Waals surface area contributed by atoms with Crippen LogP contribution in [0.4, 0.5) is 0 Å². The molecule has 4 rings (SSSR count). The number of allylic oxidation sites excluding steroid dienone is 2.